The number of thioether (sulfide) groups is 1. The number of aryl methyl sites for hydroxylation is 1. The highest BCUT2D eigenvalue weighted by atomic mass is 35.5. The lowest BCUT2D eigenvalue weighted by Crippen LogP contribution is -2.24. The number of carbonyl (C=O) groups excluding carboxylic acids is 2. The molecule has 6 heteroatoms. The lowest BCUT2D eigenvalue weighted by Gasteiger charge is -2.16. The predicted octanol–water partition coefficient (Wildman–Crippen LogP) is 6.41. The van der Waals surface area contributed by atoms with Crippen LogP contribution in [0.2, 0.25) is 5.02 Å². The van der Waals surface area contributed by atoms with Gasteiger partial charge in [0.05, 0.1) is 16.0 Å². The van der Waals surface area contributed by atoms with E-state index in [0.29, 0.717) is 28.4 Å². The van der Waals surface area contributed by atoms with Crippen LogP contribution in [0.4, 0.5) is 11.4 Å². The number of carbonyl (C=O) groups is 2. The van der Waals surface area contributed by atoms with Crippen LogP contribution in [0.1, 0.15) is 29.3 Å². The van der Waals surface area contributed by atoms with Gasteiger partial charge in [-0.3, -0.25) is 9.59 Å². The van der Waals surface area contributed by atoms with Gasteiger partial charge in [0.25, 0.3) is 5.91 Å². The Labute approximate surface area is 186 Å². The fraction of sp³-hybridized carbons (Fsp3) is 0.167. The van der Waals surface area contributed by atoms with Crippen LogP contribution in [0.25, 0.3) is 0 Å². The fourth-order valence-corrected chi connectivity index (χ4v) is 4.01. The molecule has 3 aromatic rings. The first-order chi connectivity index (χ1) is 14.5. The fourth-order valence-electron chi connectivity index (χ4n) is 2.82. The van der Waals surface area contributed by atoms with Gasteiger partial charge >= 0.3 is 0 Å². The van der Waals surface area contributed by atoms with Crippen LogP contribution in [-0.2, 0) is 4.79 Å². The standard InChI is InChI=1S/C24H23ClN2O2S/c1-3-22(24(29)27-21-10-5-4-9-20(21)25)30-19-8-6-7-18(15-19)26-23(28)17-13-11-16(2)12-14-17/h4-15,22H,3H2,1-2H3,(H,26,28)(H,27,29). The van der Waals surface area contributed by atoms with Gasteiger partial charge in [-0.05, 0) is 55.8 Å². The number of nitrogens with one attached hydrogen (secondary N) is 2. The molecule has 0 saturated carbocycles. The van der Waals surface area contributed by atoms with Crippen LogP contribution < -0.4 is 10.6 Å². The second-order valence-corrected chi connectivity index (χ2v) is 8.52. The molecule has 1 atom stereocenters. The van der Waals surface area contributed by atoms with Crippen molar-refractivity contribution in [1.29, 1.82) is 0 Å². The van der Waals surface area contributed by atoms with Crippen molar-refractivity contribution in [2.24, 2.45) is 0 Å². The van der Waals surface area contributed by atoms with Crippen LogP contribution in [0.15, 0.2) is 77.7 Å². The highest BCUT2D eigenvalue weighted by Gasteiger charge is 2.19. The maximum atomic E-state index is 12.7. The molecule has 2 amide bonds. The summed E-state index contributed by atoms with van der Waals surface area (Å²) < 4.78 is 0. The van der Waals surface area contributed by atoms with E-state index in [1.54, 1.807) is 24.3 Å². The van der Waals surface area contributed by atoms with Gasteiger partial charge in [-0.25, -0.2) is 0 Å². The molecule has 0 aliphatic rings. The zero-order chi connectivity index (χ0) is 21.5. The molecule has 0 aromatic heterocycles. The minimum Gasteiger partial charge on any atom is -0.324 e. The summed E-state index contributed by atoms with van der Waals surface area (Å²) in [6.45, 7) is 3.95. The first kappa shape index (κ1) is 21.9. The topological polar surface area (TPSA) is 58.2 Å². The molecule has 0 radical (unpaired) electrons. The lowest BCUT2D eigenvalue weighted by molar-refractivity contribution is -0.115. The third kappa shape index (κ3) is 5.88. The number of rotatable bonds is 7. The zero-order valence-corrected chi connectivity index (χ0v) is 18.4. The van der Waals surface area contributed by atoms with Crippen molar-refractivity contribution in [2.75, 3.05) is 10.6 Å². The Balaban J connectivity index is 1.67. The largest absolute Gasteiger partial charge is 0.324 e. The molecular weight excluding hydrogens is 416 g/mol. The van der Waals surface area contributed by atoms with E-state index in [2.05, 4.69) is 10.6 Å². The number of para-hydroxylation sites is 1. The van der Waals surface area contributed by atoms with E-state index < -0.39 is 0 Å². The molecule has 3 aromatic carbocycles. The van der Waals surface area contributed by atoms with Crippen LogP contribution in [0, 0.1) is 6.92 Å². The highest BCUT2D eigenvalue weighted by Crippen LogP contribution is 2.29. The molecule has 154 valence electrons. The number of hydrogen-bond acceptors (Lipinski definition) is 3. The van der Waals surface area contributed by atoms with Crippen LogP contribution in [0.3, 0.4) is 0 Å². The molecule has 0 spiro atoms. The molecule has 0 heterocycles. The van der Waals surface area contributed by atoms with E-state index in [0.717, 1.165) is 10.5 Å². The summed E-state index contributed by atoms with van der Waals surface area (Å²) in [7, 11) is 0. The Morgan fingerprint density at radius 1 is 0.967 bits per heavy atom. The Morgan fingerprint density at radius 3 is 2.40 bits per heavy atom. The van der Waals surface area contributed by atoms with E-state index in [1.165, 1.54) is 11.8 Å². The Bertz CT molecular complexity index is 1040. The molecule has 0 saturated heterocycles. The molecule has 0 fully saturated rings. The van der Waals surface area contributed by atoms with Gasteiger partial charge in [-0.15, -0.1) is 11.8 Å². The van der Waals surface area contributed by atoms with Crippen molar-refractivity contribution < 1.29 is 9.59 Å². The Kier molecular flexibility index (Phi) is 7.55. The van der Waals surface area contributed by atoms with E-state index in [4.69, 9.17) is 11.6 Å². The molecule has 30 heavy (non-hydrogen) atoms. The van der Waals surface area contributed by atoms with E-state index in [1.807, 2.05) is 62.4 Å². The minimum absolute atomic E-state index is 0.107. The van der Waals surface area contributed by atoms with E-state index in [9.17, 15) is 9.59 Å². The highest BCUT2D eigenvalue weighted by molar-refractivity contribution is 8.00. The summed E-state index contributed by atoms with van der Waals surface area (Å²) >= 11 is 7.60. The van der Waals surface area contributed by atoms with Crippen LogP contribution >= 0.6 is 23.4 Å². The lowest BCUT2D eigenvalue weighted by atomic mass is 10.1. The molecule has 3 rings (SSSR count). The number of halogens is 1. The zero-order valence-electron chi connectivity index (χ0n) is 16.8. The maximum Gasteiger partial charge on any atom is 0.255 e. The third-order valence-corrected chi connectivity index (χ3v) is 6.17. The number of amides is 2. The Morgan fingerprint density at radius 2 is 1.70 bits per heavy atom. The Hall–Kier alpha value is -2.76. The summed E-state index contributed by atoms with van der Waals surface area (Å²) in [5, 5.41) is 6.03. The number of anilines is 2. The van der Waals surface area contributed by atoms with Gasteiger partial charge in [0, 0.05) is 16.1 Å². The molecule has 0 bridgehead atoms. The average molecular weight is 439 g/mol. The van der Waals surface area contributed by atoms with Gasteiger partial charge in [-0.2, -0.15) is 0 Å². The summed E-state index contributed by atoms with van der Waals surface area (Å²) in [5.41, 5.74) is 2.99. The van der Waals surface area contributed by atoms with Crippen molar-refractivity contribution in [2.45, 2.75) is 30.4 Å². The van der Waals surface area contributed by atoms with Crippen molar-refractivity contribution in [3.63, 3.8) is 0 Å². The van der Waals surface area contributed by atoms with E-state index in [-0.39, 0.29) is 17.1 Å². The molecule has 0 aliphatic heterocycles. The number of benzene rings is 3. The summed E-state index contributed by atoms with van der Waals surface area (Å²) in [6, 6.07) is 22.1. The van der Waals surface area contributed by atoms with Crippen LogP contribution in [-0.4, -0.2) is 17.1 Å². The van der Waals surface area contributed by atoms with Gasteiger partial charge in [0.15, 0.2) is 0 Å². The quantitative estimate of drug-likeness (QED) is 0.419. The molecule has 0 aliphatic carbocycles. The third-order valence-electron chi connectivity index (χ3n) is 4.48. The number of hydrogen-bond donors (Lipinski definition) is 2. The van der Waals surface area contributed by atoms with Gasteiger partial charge in [-0.1, -0.05) is 54.4 Å². The second kappa shape index (κ2) is 10.3. The smallest absolute Gasteiger partial charge is 0.255 e. The SMILES string of the molecule is CCC(Sc1cccc(NC(=O)c2ccc(C)cc2)c1)C(=O)Nc1ccccc1Cl. The summed E-state index contributed by atoms with van der Waals surface area (Å²) in [6.07, 6.45) is 0.654. The van der Waals surface area contributed by atoms with Gasteiger partial charge < -0.3 is 10.6 Å². The van der Waals surface area contributed by atoms with Crippen molar-refractivity contribution in [3.05, 3.63) is 88.9 Å². The first-order valence-corrected chi connectivity index (χ1v) is 10.9. The average Bonchev–Trinajstić information content (AvgIpc) is 2.74. The van der Waals surface area contributed by atoms with Crippen molar-refractivity contribution in [1.82, 2.24) is 0 Å². The second-order valence-electron chi connectivity index (χ2n) is 6.83. The van der Waals surface area contributed by atoms with Crippen LogP contribution in [0.5, 0.6) is 0 Å². The summed E-state index contributed by atoms with van der Waals surface area (Å²) in [4.78, 5) is 26.1. The van der Waals surface area contributed by atoms with Gasteiger partial charge in [0.1, 0.15) is 0 Å². The normalized spacial score (nSPS) is 11.6. The predicted molar refractivity (Wildman–Crippen MR) is 126 cm³/mol. The molecule has 1 unspecified atom stereocenters. The van der Waals surface area contributed by atoms with E-state index >= 15 is 0 Å². The van der Waals surface area contributed by atoms with Crippen molar-refractivity contribution >= 4 is 46.6 Å². The first-order valence-electron chi connectivity index (χ1n) is 9.66. The monoisotopic (exact) mass is 438 g/mol. The molecular formula is C24H23ClN2O2S. The summed E-state index contributed by atoms with van der Waals surface area (Å²) in [5.74, 6) is -0.273. The molecule has 2 N–H and O–H groups in total. The molecule has 4 nitrogen and oxygen atoms in total. The minimum atomic E-state index is -0.288. The maximum absolute atomic E-state index is 12.7. The van der Waals surface area contributed by atoms with Crippen molar-refractivity contribution in [3.8, 4) is 0 Å². The van der Waals surface area contributed by atoms with Gasteiger partial charge in [0.2, 0.25) is 5.91 Å².